The zero-order chi connectivity index (χ0) is 12.6. The summed E-state index contributed by atoms with van der Waals surface area (Å²) >= 11 is 0. The lowest BCUT2D eigenvalue weighted by molar-refractivity contribution is 0.586. The molecule has 1 unspecified atom stereocenters. The van der Waals surface area contributed by atoms with Crippen LogP contribution in [0.4, 0.5) is 0 Å². The molecule has 0 bridgehead atoms. The standard InChI is InChI=1S/C13H21N.C2H6/c1-5-11-8-9-13(4,7-3)10-14-12(11)6-2;1-2/h8-10H,5-7H2,1-4H3;1-2H3. The normalized spacial score (nSPS) is 23.9. The molecular formula is C15H27N. The summed E-state index contributed by atoms with van der Waals surface area (Å²) in [6.07, 6.45) is 9.87. The Bertz CT molecular complexity index is 258. The lowest BCUT2D eigenvalue weighted by Crippen LogP contribution is -2.12. The maximum absolute atomic E-state index is 4.61. The van der Waals surface area contributed by atoms with Crippen LogP contribution in [0.3, 0.4) is 0 Å². The van der Waals surface area contributed by atoms with E-state index in [2.05, 4.69) is 51.1 Å². The minimum absolute atomic E-state index is 0.150. The van der Waals surface area contributed by atoms with Crippen LogP contribution in [0.15, 0.2) is 28.4 Å². The summed E-state index contributed by atoms with van der Waals surface area (Å²) in [4.78, 5) is 4.61. The summed E-state index contributed by atoms with van der Waals surface area (Å²) in [7, 11) is 0. The van der Waals surface area contributed by atoms with E-state index < -0.39 is 0 Å². The van der Waals surface area contributed by atoms with Gasteiger partial charge < -0.3 is 0 Å². The third kappa shape index (κ3) is 3.96. The number of hydrogen-bond acceptors (Lipinski definition) is 1. The number of aliphatic imine (C=N–C) groups is 1. The molecule has 1 rings (SSSR count). The van der Waals surface area contributed by atoms with E-state index in [1.54, 1.807) is 0 Å². The first-order valence-electron chi connectivity index (χ1n) is 6.61. The highest BCUT2D eigenvalue weighted by atomic mass is 14.7. The van der Waals surface area contributed by atoms with E-state index in [4.69, 9.17) is 0 Å². The fourth-order valence-corrected chi connectivity index (χ4v) is 1.59. The highest BCUT2D eigenvalue weighted by Gasteiger charge is 2.17. The Hall–Kier alpha value is -0.850. The van der Waals surface area contributed by atoms with Crippen LogP contribution in [0.5, 0.6) is 0 Å². The molecule has 1 heteroatoms. The van der Waals surface area contributed by atoms with E-state index in [0.717, 1.165) is 19.3 Å². The van der Waals surface area contributed by atoms with Crippen molar-refractivity contribution in [2.24, 2.45) is 10.4 Å². The molecule has 0 saturated carbocycles. The van der Waals surface area contributed by atoms with Crippen LogP contribution in [0.2, 0.25) is 0 Å². The molecule has 1 nitrogen and oxygen atoms in total. The molecule has 0 aliphatic carbocycles. The van der Waals surface area contributed by atoms with Gasteiger partial charge in [-0.25, -0.2) is 0 Å². The van der Waals surface area contributed by atoms with Crippen molar-refractivity contribution in [2.45, 2.75) is 60.8 Å². The molecule has 0 spiro atoms. The van der Waals surface area contributed by atoms with Crippen LogP contribution in [0, 0.1) is 5.41 Å². The van der Waals surface area contributed by atoms with Crippen molar-refractivity contribution in [3.8, 4) is 0 Å². The van der Waals surface area contributed by atoms with Crippen LogP contribution in [0.1, 0.15) is 60.8 Å². The molecule has 92 valence electrons. The van der Waals surface area contributed by atoms with Crippen LogP contribution in [-0.4, -0.2) is 6.21 Å². The van der Waals surface area contributed by atoms with Crippen molar-refractivity contribution in [3.63, 3.8) is 0 Å². The second-order valence-electron chi connectivity index (χ2n) is 4.13. The van der Waals surface area contributed by atoms with Gasteiger partial charge >= 0.3 is 0 Å². The summed E-state index contributed by atoms with van der Waals surface area (Å²) in [6, 6.07) is 0. The number of nitrogens with zero attached hydrogens (tertiary/aromatic N) is 1. The second kappa shape index (κ2) is 7.43. The molecule has 0 N–H and O–H groups in total. The summed E-state index contributed by atoms with van der Waals surface area (Å²) in [5.41, 5.74) is 2.79. The first-order chi connectivity index (χ1) is 7.65. The van der Waals surface area contributed by atoms with Gasteiger partial charge in [0.25, 0.3) is 0 Å². The summed E-state index contributed by atoms with van der Waals surface area (Å²) < 4.78 is 0. The van der Waals surface area contributed by atoms with Crippen LogP contribution in [-0.2, 0) is 0 Å². The average molecular weight is 221 g/mol. The van der Waals surface area contributed by atoms with E-state index in [0.29, 0.717) is 0 Å². The summed E-state index contributed by atoms with van der Waals surface area (Å²) in [5.74, 6) is 0. The van der Waals surface area contributed by atoms with Gasteiger partial charge in [0, 0.05) is 17.3 Å². The molecule has 1 aliphatic heterocycles. The zero-order valence-electron chi connectivity index (χ0n) is 11.8. The van der Waals surface area contributed by atoms with Gasteiger partial charge in [0.05, 0.1) is 0 Å². The Balaban J connectivity index is 0.00000106. The van der Waals surface area contributed by atoms with Crippen molar-refractivity contribution in [3.05, 3.63) is 23.4 Å². The minimum atomic E-state index is 0.150. The van der Waals surface area contributed by atoms with Gasteiger partial charge in [0.2, 0.25) is 0 Å². The third-order valence-electron chi connectivity index (χ3n) is 3.03. The Morgan fingerprint density at radius 1 is 1.12 bits per heavy atom. The topological polar surface area (TPSA) is 12.4 Å². The van der Waals surface area contributed by atoms with E-state index in [1.807, 2.05) is 13.8 Å². The smallest absolute Gasteiger partial charge is 0.0429 e. The molecule has 1 atom stereocenters. The minimum Gasteiger partial charge on any atom is -0.264 e. The van der Waals surface area contributed by atoms with Gasteiger partial charge in [0.1, 0.15) is 0 Å². The second-order valence-corrected chi connectivity index (χ2v) is 4.13. The first kappa shape index (κ1) is 15.2. The highest BCUT2D eigenvalue weighted by Crippen LogP contribution is 2.27. The largest absolute Gasteiger partial charge is 0.264 e. The van der Waals surface area contributed by atoms with Gasteiger partial charge in [-0.3, -0.25) is 4.99 Å². The molecule has 16 heavy (non-hydrogen) atoms. The summed E-state index contributed by atoms with van der Waals surface area (Å²) in [5, 5.41) is 0. The fourth-order valence-electron chi connectivity index (χ4n) is 1.59. The van der Waals surface area contributed by atoms with Crippen LogP contribution in [0.25, 0.3) is 0 Å². The molecule has 0 aromatic carbocycles. The highest BCUT2D eigenvalue weighted by molar-refractivity contribution is 5.70. The maximum Gasteiger partial charge on any atom is 0.0429 e. The van der Waals surface area contributed by atoms with Crippen LogP contribution < -0.4 is 0 Å². The van der Waals surface area contributed by atoms with E-state index >= 15 is 0 Å². The predicted octanol–water partition coefficient (Wildman–Crippen LogP) is 5.14. The molecule has 0 radical (unpaired) electrons. The van der Waals surface area contributed by atoms with Crippen molar-refractivity contribution in [1.29, 1.82) is 0 Å². The number of hydrogen-bond donors (Lipinski definition) is 0. The number of rotatable bonds is 3. The van der Waals surface area contributed by atoms with Gasteiger partial charge in [-0.2, -0.15) is 0 Å². The first-order valence-corrected chi connectivity index (χ1v) is 6.61. The van der Waals surface area contributed by atoms with Gasteiger partial charge in [-0.05, 0) is 24.8 Å². The molecule has 0 saturated heterocycles. The van der Waals surface area contributed by atoms with Crippen molar-refractivity contribution < 1.29 is 0 Å². The van der Waals surface area contributed by atoms with Crippen LogP contribution >= 0.6 is 0 Å². The van der Waals surface area contributed by atoms with Crippen molar-refractivity contribution >= 4 is 6.21 Å². The number of allylic oxidation sites excluding steroid dienone is 4. The van der Waals surface area contributed by atoms with Gasteiger partial charge in [-0.15, -0.1) is 0 Å². The fraction of sp³-hybridized carbons (Fsp3) is 0.667. The van der Waals surface area contributed by atoms with Gasteiger partial charge in [-0.1, -0.05) is 53.7 Å². The zero-order valence-corrected chi connectivity index (χ0v) is 11.8. The van der Waals surface area contributed by atoms with E-state index in [1.165, 1.54) is 11.3 Å². The molecule has 0 aromatic heterocycles. The molecule has 1 heterocycles. The SMILES string of the molecule is CC.CCC1=C(CC)N=CC(C)(CC)C=C1. The van der Waals surface area contributed by atoms with Gasteiger partial charge in [0.15, 0.2) is 0 Å². The monoisotopic (exact) mass is 221 g/mol. The third-order valence-corrected chi connectivity index (χ3v) is 3.03. The van der Waals surface area contributed by atoms with Crippen molar-refractivity contribution in [2.75, 3.05) is 0 Å². The average Bonchev–Trinajstić information content (AvgIpc) is 2.51. The molecule has 0 amide bonds. The Kier molecular flexibility index (Phi) is 7.03. The Morgan fingerprint density at radius 3 is 2.19 bits per heavy atom. The maximum atomic E-state index is 4.61. The quantitative estimate of drug-likeness (QED) is 0.625. The van der Waals surface area contributed by atoms with E-state index in [9.17, 15) is 0 Å². The van der Waals surface area contributed by atoms with E-state index in [-0.39, 0.29) is 5.41 Å². The molecule has 1 aliphatic rings. The molecular weight excluding hydrogens is 194 g/mol. The Labute approximate surface area is 101 Å². The summed E-state index contributed by atoms with van der Waals surface area (Å²) in [6.45, 7) is 12.8. The Morgan fingerprint density at radius 2 is 1.75 bits per heavy atom. The lowest BCUT2D eigenvalue weighted by Gasteiger charge is -2.16. The lowest BCUT2D eigenvalue weighted by atomic mass is 9.88. The van der Waals surface area contributed by atoms with Crippen molar-refractivity contribution in [1.82, 2.24) is 0 Å². The molecule has 0 aromatic rings. The predicted molar refractivity (Wildman–Crippen MR) is 75.0 cm³/mol. The molecule has 0 fully saturated rings.